The summed E-state index contributed by atoms with van der Waals surface area (Å²) in [6.07, 6.45) is 0. The maximum atomic E-state index is 11.9. The first-order chi connectivity index (χ1) is 9.56. The quantitative estimate of drug-likeness (QED) is 0.820. The van der Waals surface area contributed by atoms with Crippen LogP contribution in [0.1, 0.15) is 29.9 Å². The first kappa shape index (κ1) is 14.5. The van der Waals surface area contributed by atoms with E-state index in [0.717, 1.165) is 4.90 Å². The molecule has 0 aliphatic heterocycles. The summed E-state index contributed by atoms with van der Waals surface area (Å²) >= 11 is 1.53. The fraction of sp³-hybridized carbons (Fsp3) is 0.385. The van der Waals surface area contributed by atoms with Gasteiger partial charge >= 0.3 is 0 Å². The molecule has 1 aromatic heterocycles. The Bertz CT molecular complexity index is 584. The van der Waals surface area contributed by atoms with E-state index in [1.165, 1.54) is 22.9 Å². The normalized spacial score (nSPS) is 12.2. The van der Waals surface area contributed by atoms with Crippen LogP contribution in [0.25, 0.3) is 0 Å². The number of thioether (sulfide) groups is 1. The molecule has 1 aromatic carbocycles. The van der Waals surface area contributed by atoms with Gasteiger partial charge < -0.3 is 5.32 Å². The highest BCUT2D eigenvalue weighted by Crippen LogP contribution is 2.23. The Morgan fingerprint density at radius 3 is 2.95 bits per heavy atom. The molecule has 1 heterocycles. The third-order valence-corrected chi connectivity index (χ3v) is 3.99. The third-order valence-electron chi connectivity index (χ3n) is 2.83. The molecule has 0 aliphatic carbocycles. The van der Waals surface area contributed by atoms with Gasteiger partial charge in [0.2, 0.25) is 5.91 Å². The van der Waals surface area contributed by atoms with Crippen molar-refractivity contribution in [3.8, 4) is 0 Å². The SMILES string of the molecule is Cc1ccc(C)c(SCC(=O)NC(C)c2nn[nH]n2)c1. The van der Waals surface area contributed by atoms with Crippen molar-refractivity contribution >= 4 is 17.7 Å². The number of nitrogens with zero attached hydrogens (tertiary/aromatic N) is 3. The Kier molecular flexibility index (Phi) is 4.73. The number of aryl methyl sites for hydroxylation is 2. The van der Waals surface area contributed by atoms with Gasteiger partial charge in [0.1, 0.15) is 0 Å². The van der Waals surface area contributed by atoms with E-state index in [1.54, 1.807) is 0 Å². The molecule has 0 fully saturated rings. The van der Waals surface area contributed by atoms with Crippen molar-refractivity contribution < 1.29 is 4.79 Å². The Labute approximate surface area is 121 Å². The molecule has 0 radical (unpaired) electrons. The molecule has 0 bridgehead atoms. The molecule has 2 rings (SSSR count). The molecule has 0 saturated carbocycles. The molecule has 0 aliphatic rings. The Hall–Kier alpha value is -1.89. The number of amides is 1. The number of tetrazole rings is 1. The number of benzene rings is 1. The van der Waals surface area contributed by atoms with E-state index in [1.807, 2.05) is 20.8 Å². The Morgan fingerprint density at radius 1 is 1.45 bits per heavy atom. The van der Waals surface area contributed by atoms with Crippen molar-refractivity contribution in [3.05, 3.63) is 35.2 Å². The van der Waals surface area contributed by atoms with Crippen LogP contribution in [-0.2, 0) is 4.79 Å². The van der Waals surface area contributed by atoms with Gasteiger partial charge in [0.25, 0.3) is 0 Å². The lowest BCUT2D eigenvalue weighted by Gasteiger charge is -2.10. The smallest absolute Gasteiger partial charge is 0.230 e. The summed E-state index contributed by atoms with van der Waals surface area (Å²) in [4.78, 5) is 13.0. The average Bonchev–Trinajstić information content (AvgIpc) is 2.94. The van der Waals surface area contributed by atoms with Crippen LogP contribution in [0.15, 0.2) is 23.1 Å². The summed E-state index contributed by atoms with van der Waals surface area (Å²) < 4.78 is 0. The van der Waals surface area contributed by atoms with Crippen LogP contribution in [-0.4, -0.2) is 32.3 Å². The molecule has 20 heavy (non-hydrogen) atoms. The van der Waals surface area contributed by atoms with Gasteiger partial charge in [0, 0.05) is 4.90 Å². The van der Waals surface area contributed by atoms with E-state index >= 15 is 0 Å². The number of carbonyl (C=O) groups is 1. The molecular formula is C13H17N5OS. The minimum Gasteiger partial charge on any atom is -0.345 e. The van der Waals surface area contributed by atoms with Crippen molar-refractivity contribution in [1.82, 2.24) is 25.9 Å². The lowest BCUT2D eigenvalue weighted by Crippen LogP contribution is -2.28. The molecular weight excluding hydrogens is 274 g/mol. The van der Waals surface area contributed by atoms with Crippen molar-refractivity contribution in [1.29, 1.82) is 0 Å². The van der Waals surface area contributed by atoms with Gasteiger partial charge in [-0.3, -0.25) is 4.79 Å². The predicted molar refractivity (Wildman–Crippen MR) is 77.4 cm³/mol. The van der Waals surface area contributed by atoms with Gasteiger partial charge in [-0.15, -0.1) is 22.0 Å². The maximum absolute atomic E-state index is 11.9. The summed E-state index contributed by atoms with van der Waals surface area (Å²) in [5.41, 5.74) is 2.37. The number of aromatic nitrogens is 4. The van der Waals surface area contributed by atoms with Crippen molar-refractivity contribution in [2.45, 2.75) is 31.7 Å². The highest BCUT2D eigenvalue weighted by molar-refractivity contribution is 8.00. The van der Waals surface area contributed by atoms with E-state index < -0.39 is 0 Å². The summed E-state index contributed by atoms with van der Waals surface area (Å²) in [6.45, 7) is 5.91. The second-order valence-electron chi connectivity index (χ2n) is 4.62. The molecule has 2 aromatic rings. The molecule has 1 unspecified atom stereocenters. The first-order valence-electron chi connectivity index (χ1n) is 6.29. The average molecular weight is 291 g/mol. The van der Waals surface area contributed by atoms with Gasteiger partial charge in [-0.2, -0.15) is 5.21 Å². The third kappa shape index (κ3) is 3.80. The Morgan fingerprint density at radius 2 is 2.25 bits per heavy atom. The first-order valence-corrected chi connectivity index (χ1v) is 7.27. The fourth-order valence-electron chi connectivity index (χ4n) is 1.71. The summed E-state index contributed by atoms with van der Waals surface area (Å²) in [5.74, 6) is 0.801. The van der Waals surface area contributed by atoms with Crippen LogP contribution >= 0.6 is 11.8 Å². The molecule has 2 N–H and O–H groups in total. The molecule has 1 amide bonds. The fourth-order valence-corrected chi connectivity index (χ4v) is 2.64. The summed E-state index contributed by atoms with van der Waals surface area (Å²) in [6, 6.07) is 5.98. The van der Waals surface area contributed by atoms with Gasteiger partial charge in [-0.25, -0.2) is 0 Å². The number of rotatable bonds is 5. The number of carbonyl (C=O) groups excluding carboxylic acids is 1. The van der Waals surface area contributed by atoms with E-state index in [2.05, 4.69) is 44.1 Å². The van der Waals surface area contributed by atoms with E-state index in [-0.39, 0.29) is 11.9 Å². The molecule has 6 nitrogen and oxygen atoms in total. The zero-order chi connectivity index (χ0) is 14.5. The second-order valence-corrected chi connectivity index (χ2v) is 5.63. The second kappa shape index (κ2) is 6.51. The Balaban J connectivity index is 1.87. The van der Waals surface area contributed by atoms with E-state index in [4.69, 9.17) is 0 Å². The minimum atomic E-state index is -0.250. The molecule has 0 saturated heterocycles. The van der Waals surface area contributed by atoms with Gasteiger partial charge in [-0.05, 0) is 32.4 Å². The van der Waals surface area contributed by atoms with Crippen molar-refractivity contribution in [2.24, 2.45) is 0 Å². The van der Waals surface area contributed by atoms with Crippen molar-refractivity contribution in [2.75, 3.05) is 5.75 Å². The van der Waals surface area contributed by atoms with Crippen LogP contribution in [0.5, 0.6) is 0 Å². The summed E-state index contributed by atoms with van der Waals surface area (Å²) in [7, 11) is 0. The summed E-state index contributed by atoms with van der Waals surface area (Å²) in [5, 5.41) is 16.4. The zero-order valence-corrected chi connectivity index (χ0v) is 12.5. The number of nitrogens with one attached hydrogen (secondary N) is 2. The van der Waals surface area contributed by atoms with Crippen molar-refractivity contribution in [3.63, 3.8) is 0 Å². The number of aromatic amines is 1. The molecule has 0 spiro atoms. The molecule has 1 atom stereocenters. The highest BCUT2D eigenvalue weighted by Gasteiger charge is 2.13. The van der Waals surface area contributed by atoms with Crippen LogP contribution in [0.4, 0.5) is 0 Å². The van der Waals surface area contributed by atoms with Crippen LogP contribution in [0.3, 0.4) is 0 Å². The lowest BCUT2D eigenvalue weighted by atomic mass is 10.2. The van der Waals surface area contributed by atoms with Crippen LogP contribution < -0.4 is 5.32 Å². The lowest BCUT2D eigenvalue weighted by molar-refractivity contribution is -0.119. The number of H-pyrrole nitrogens is 1. The van der Waals surface area contributed by atoms with Gasteiger partial charge in [-0.1, -0.05) is 22.9 Å². The standard InChI is InChI=1S/C13H17N5OS/c1-8-4-5-9(2)11(6-8)20-7-12(19)14-10(3)13-15-17-18-16-13/h4-6,10H,7H2,1-3H3,(H,14,19)(H,15,16,17,18). The molecule has 106 valence electrons. The number of hydrogen-bond acceptors (Lipinski definition) is 5. The van der Waals surface area contributed by atoms with E-state index in [9.17, 15) is 4.79 Å². The highest BCUT2D eigenvalue weighted by atomic mass is 32.2. The van der Waals surface area contributed by atoms with E-state index in [0.29, 0.717) is 11.6 Å². The topological polar surface area (TPSA) is 83.6 Å². The van der Waals surface area contributed by atoms with Crippen LogP contribution in [0, 0.1) is 13.8 Å². The minimum absolute atomic E-state index is 0.0480. The largest absolute Gasteiger partial charge is 0.345 e. The number of hydrogen-bond donors (Lipinski definition) is 2. The van der Waals surface area contributed by atoms with Crippen LogP contribution in [0.2, 0.25) is 0 Å². The van der Waals surface area contributed by atoms with Gasteiger partial charge in [0.15, 0.2) is 5.82 Å². The molecule has 7 heteroatoms. The zero-order valence-electron chi connectivity index (χ0n) is 11.7. The van der Waals surface area contributed by atoms with Gasteiger partial charge in [0.05, 0.1) is 11.8 Å². The maximum Gasteiger partial charge on any atom is 0.230 e. The monoisotopic (exact) mass is 291 g/mol. The predicted octanol–water partition coefficient (Wildman–Crippen LogP) is 1.79.